The fourth-order valence-corrected chi connectivity index (χ4v) is 1.95. The van der Waals surface area contributed by atoms with Crippen molar-refractivity contribution in [1.29, 1.82) is 0 Å². The van der Waals surface area contributed by atoms with Crippen molar-refractivity contribution in [1.82, 2.24) is 10.4 Å². The Hall–Kier alpha value is -2.53. The second-order valence-electron chi connectivity index (χ2n) is 4.85. The second kappa shape index (κ2) is 8.05. The number of amides is 2. The number of hydrogen-bond acceptors (Lipinski definition) is 3. The topological polar surface area (TPSA) is 61.8 Å². The Morgan fingerprint density at radius 1 is 1.09 bits per heavy atom. The molecule has 116 valence electrons. The van der Waals surface area contributed by atoms with Gasteiger partial charge >= 0.3 is 6.03 Å². The number of nitrogens with one attached hydrogen (secondary N) is 1. The van der Waals surface area contributed by atoms with Gasteiger partial charge in [0.2, 0.25) is 0 Å². The number of urea groups is 1. The first-order chi connectivity index (χ1) is 10.7. The van der Waals surface area contributed by atoms with Crippen molar-refractivity contribution in [3.63, 3.8) is 0 Å². The molecule has 0 aliphatic rings. The van der Waals surface area contributed by atoms with Gasteiger partial charge in [-0.3, -0.25) is 5.21 Å². The van der Waals surface area contributed by atoms with E-state index >= 15 is 0 Å². The number of nitrogens with zero attached hydrogens (tertiary/aromatic N) is 1. The molecule has 0 atom stereocenters. The highest BCUT2D eigenvalue weighted by Gasteiger charge is 2.03. The number of ether oxygens (including phenoxy) is 1. The Balaban J connectivity index is 1.74. The van der Waals surface area contributed by atoms with Crippen LogP contribution in [0.1, 0.15) is 6.42 Å². The lowest BCUT2D eigenvalue weighted by Gasteiger charge is -2.11. The highest BCUT2D eigenvalue weighted by atomic mass is 16.5. The zero-order chi connectivity index (χ0) is 15.8. The van der Waals surface area contributed by atoms with Gasteiger partial charge in [-0.2, -0.15) is 0 Å². The van der Waals surface area contributed by atoms with E-state index < -0.39 is 6.03 Å². The minimum atomic E-state index is -0.521. The molecule has 0 unspecified atom stereocenters. The second-order valence-corrected chi connectivity index (χ2v) is 4.85. The number of carbonyl (C=O) groups excluding carboxylic acids is 1. The molecule has 5 nitrogen and oxygen atoms in total. The summed E-state index contributed by atoms with van der Waals surface area (Å²) in [6.45, 7) is 0.950. The summed E-state index contributed by atoms with van der Waals surface area (Å²) in [6, 6.07) is 17.5. The van der Waals surface area contributed by atoms with Gasteiger partial charge in [0.1, 0.15) is 5.75 Å². The van der Waals surface area contributed by atoms with Gasteiger partial charge in [0.25, 0.3) is 0 Å². The molecule has 2 aromatic rings. The van der Waals surface area contributed by atoms with Gasteiger partial charge in [-0.15, -0.1) is 0 Å². The Bertz CT molecular complexity index is 583. The van der Waals surface area contributed by atoms with E-state index in [1.807, 2.05) is 42.5 Å². The van der Waals surface area contributed by atoms with Crippen LogP contribution in [0.15, 0.2) is 54.6 Å². The molecule has 0 fully saturated rings. The summed E-state index contributed by atoms with van der Waals surface area (Å²) >= 11 is 0. The maximum Gasteiger partial charge on any atom is 0.340 e. The van der Waals surface area contributed by atoms with Crippen LogP contribution < -0.4 is 10.1 Å². The quantitative estimate of drug-likeness (QED) is 0.489. The maximum atomic E-state index is 11.1. The molecule has 2 amide bonds. The van der Waals surface area contributed by atoms with Crippen LogP contribution in [0.5, 0.6) is 5.75 Å². The van der Waals surface area contributed by atoms with E-state index in [9.17, 15) is 4.79 Å². The first kappa shape index (κ1) is 15.9. The molecule has 0 bridgehead atoms. The Morgan fingerprint density at radius 3 is 2.36 bits per heavy atom. The molecule has 0 saturated carbocycles. The Morgan fingerprint density at radius 2 is 1.73 bits per heavy atom. The molecule has 2 rings (SSSR count). The summed E-state index contributed by atoms with van der Waals surface area (Å²) < 4.78 is 5.61. The van der Waals surface area contributed by atoms with E-state index in [0.717, 1.165) is 11.3 Å². The number of carbonyl (C=O) groups is 1. The van der Waals surface area contributed by atoms with Crippen molar-refractivity contribution < 1.29 is 14.7 Å². The van der Waals surface area contributed by atoms with Crippen LogP contribution in [-0.4, -0.2) is 36.5 Å². The third-order valence-electron chi connectivity index (χ3n) is 3.12. The lowest BCUT2D eigenvalue weighted by atomic mass is 10.1. The fraction of sp³-hybridized carbons (Fsp3) is 0.235. The van der Waals surface area contributed by atoms with Crippen molar-refractivity contribution in [3.8, 4) is 16.9 Å². The standard InChI is InChI=1S/C17H20N2O3/c1-19(21)17(20)18-12-5-13-22-16-10-8-15(9-11-16)14-6-3-2-4-7-14/h2-4,6-11,21H,5,12-13H2,1H3,(H,18,20). The minimum Gasteiger partial charge on any atom is -0.494 e. The van der Waals surface area contributed by atoms with Gasteiger partial charge in [0, 0.05) is 13.6 Å². The van der Waals surface area contributed by atoms with Gasteiger partial charge in [0.15, 0.2) is 0 Å². The van der Waals surface area contributed by atoms with E-state index in [2.05, 4.69) is 17.4 Å². The van der Waals surface area contributed by atoms with Crippen molar-refractivity contribution in [2.24, 2.45) is 0 Å². The molecule has 0 heterocycles. The molecular formula is C17H20N2O3. The summed E-state index contributed by atoms with van der Waals surface area (Å²) in [5, 5.41) is 11.9. The van der Waals surface area contributed by atoms with Crippen molar-refractivity contribution in [3.05, 3.63) is 54.6 Å². The Kier molecular flexibility index (Phi) is 5.80. The average molecular weight is 300 g/mol. The van der Waals surface area contributed by atoms with E-state index in [0.29, 0.717) is 24.6 Å². The minimum absolute atomic E-state index is 0.450. The van der Waals surface area contributed by atoms with Crippen LogP contribution in [0.4, 0.5) is 4.79 Å². The van der Waals surface area contributed by atoms with Crippen LogP contribution in [0, 0.1) is 0 Å². The van der Waals surface area contributed by atoms with Crippen LogP contribution in [0.25, 0.3) is 11.1 Å². The first-order valence-electron chi connectivity index (χ1n) is 7.15. The summed E-state index contributed by atoms with van der Waals surface area (Å²) in [6.07, 6.45) is 0.667. The third-order valence-corrected chi connectivity index (χ3v) is 3.12. The summed E-state index contributed by atoms with van der Waals surface area (Å²) in [7, 11) is 1.28. The number of hydroxylamine groups is 2. The predicted octanol–water partition coefficient (Wildman–Crippen LogP) is 3.15. The summed E-state index contributed by atoms with van der Waals surface area (Å²) in [4.78, 5) is 11.1. The largest absolute Gasteiger partial charge is 0.494 e. The van der Waals surface area contributed by atoms with E-state index in [1.54, 1.807) is 0 Å². The first-order valence-corrected chi connectivity index (χ1v) is 7.15. The summed E-state index contributed by atoms with van der Waals surface area (Å²) in [5.41, 5.74) is 2.32. The highest BCUT2D eigenvalue weighted by molar-refractivity contribution is 5.72. The molecule has 0 aliphatic carbocycles. The van der Waals surface area contributed by atoms with E-state index in [1.165, 1.54) is 12.6 Å². The molecule has 2 aromatic carbocycles. The molecule has 0 spiro atoms. The van der Waals surface area contributed by atoms with Gasteiger partial charge in [0.05, 0.1) is 6.61 Å². The smallest absolute Gasteiger partial charge is 0.340 e. The molecular weight excluding hydrogens is 280 g/mol. The van der Waals surface area contributed by atoms with Crippen LogP contribution >= 0.6 is 0 Å². The van der Waals surface area contributed by atoms with Crippen LogP contribution in [-0.2, 0) is 0 Å². The molecule has 0 saturated heterocycles. The normalized spacial score (nSPS) is 10.1. The fourth-order valence-electron chi connectivity index (χ4n) is 1.95. The molecule has 22 heavy (non-hydrogen) atoms. The molecule has 5 heteroatoms. The predicted molar refractivity (Wildman–Crippen MR) is 84.9 cm³/mol. The zero-order valence-electron chi connectivity index (χ0n) is 12.5. The van der Waals surface area contributed by atoms with E-state index in [4.69, 9.17) is 9.94 Å². The van der Waals surface area contributed by atoms with Crippen LogP contribution in [0.3, 0.4) is 0 Å². The lowest BCUT2D eigenvalue weighted by molar-refractivity contribution is -0.0182. The maximum absolute atomic E-state index is 11.1. The van der Waals surface area contributed by atoms with Crippen molar-refractivity contribution >= 4 is 6.03 Å². The molecule has 0 aromatic heterocycles. The van der Waals surface area contributed by atoms with E-state index in [-0.39, 0.29) is 0 Å². The summed E-state index contributed by atoms with van der Waals surface area (Å²) in [5.74, 6) is 0.797. The number of hydrogen-bond donors (Lipinski definition) is 2. The monoisotopic (exact) mass is 300 g/mol. The van der Waals surface area contributed by atoms with Gasteiger partial charge in [-0.05, 0) is 29.7 Å². The highest BCUT2D eigenvalue weighted by Crippen LogP contribution is 2.21. The average Bonchev–Trinajstić information content (AvgIpc) is 2.55. The number of rotatable bonds is 6. The van der Waals surface area contributed by atoms with Gasteiger partial charge in [-0.1, -0.05) is 42.5 Å². The third kappa shape index (κ3) is 4.79. The van der Waals surface area contributed by atoms with Crippen molar-refractivity contribution in [2.75, 3.05) is 20.2 Å². The zero-order valence-corrected chi connectivity index (χ0v) is 12.5. The molecule has 0 aliphatic heterocycles. The SMILES string of the molecule is CN(O)C(=O)NCCCOc1ccc(-c2ccccc2)cc1. The molecule has 2 N–H and O–H groups in total. The van der Waals surface area contributed by atoms with Crippen molar-refractivity contribution in [2.45, 2.75) is 6.42 Å². The number of benzene rings is 2. The molecule has 0 radical (unpaired) electrons. The Labute approximate surface area is 130 Å². The van der Waals surface area contributed by atoms with Gasteiger partial charge in [-0.25, -0.2) is 9.86 Å². The van der Waals surface area contributed by atoms with Gasteiger partial charge < -0.3 is 10.1 Å². The lowest BCUT2D eigenvalue weighted by Crippen LogP contribution is -2.35. The van der Waals surface area contributed by atoms with Crippen LogP contribution in [0.2, 0.25) is 0 Å².